The fourth-order valence-corrected chi connectivity index (χ4v) is 2.83. The maximum absolute atomic E-state index is 11.8. The Balaban J connectivity index is 2.50. The number of rotatable bonds is 8. The van der Waals surface area contributed by atoms with Gasteiger partial charge in [0.15, 0.2) is 5.96 Å². The van der Waals surface area contributed by atoms with Crippen LogP contribution in [0.15, 0.2) is 17.1 Å². The number of hydrogen-bond donors (Lipinski definition) is 2. The molecule has 6 nitrogen and oxygen atoms in total. The Kier molecular flexibility index (Phi) is 9.86. The van der Waals surface area contributed by atoms with E-state index in [-0.39, 0.29) is 12.5 Å². The Morgan fingerprint density at radius 2 is 2.04 bits per heavy atom. The largest absolute Gasteiger partial charge is 0.356 e. The van der Waals surface area contributed by atoms with E-state index in [1.54, 1.807) is 30.8 Å². The molecule has 0 aromatic carbocycles. The van der Waals surface area contributed by atoms with Gasteiger partial charge in [0.1, 0.15) is 6.54 Å². The first kappa shape index (κ1) is 20.8. The van der Waals surface area contributed by atoms with Crippen molar-refractivity contribution in [3.05, 3.63) is 12.2 Å². The Bertz CT molecular complexity index is 431. The first-order valence-electron chi connectivity index (χ1n) is 8.53. The molecule has 1 fully saturated rings. The number of carbonyl (C=O) groups is 1. The molecule has 1 aliphatic rings. The van der Waals surface area contributed by atoms with E-state index in [4.69, 9.17) is 0 Å². The van der Waals surface area contributed by atoms with Crippen LogP contribution in [0.25, 0.3) is 0 Å². The van der Waals surface area contributed by atoms with Crippen LogP contribution in [0.1, 0.15) is 19.8 Å². The molecule has 0 bridgehead atoms. The van der Waals surface area contributed by atoms with Crippen molar-refractivity contribution in [2.24, 2.45) is 4.99 Å². The highest BCUT2D eigenvalue weighted by molar-refractivity contribution is 7.98. The van der Waals surface area contributed by atoms with Crippen molar-refractivity contribution in [3.63, 3.8) is 0 Å². The predicted molar refractivity (Wildman–Crippen MR) is 105 cm³/mol. The topological polar surface area (TPSA) is 60.0 Å². The van der Waals surface area contributed by atoms with Crippen molar-refractivity contribution in [2.75, 3.05) is 58.8 Å². The molecule has 0 saturated carbocycles. The molecular weight excluding hydrogens is 322 g/mol. The van der Waals surface area contributed by atoms with Gasteiger partial charge in [-0.15, -0.1) is 0 Å². The van der Waals surface area contributed by atoms with Crippen LogP contribution in [0, 0.1) is 0 Å². The third-order valence-electron chi connectivity index (χ3n) is 3.89. The van der Waals surface area contributed by atoms with E-state index in [1.165, 1.54) is 5.57 Å². The summed E-state index contributed by atoms with van der Waals surface area (Å²) in [6.45, 7) is 10.2. The van der Waals surface area contributed by atoms with Gasteiger partial charge in [0.25, 0.3) is 0 Å². The van der Waals surface area contributed by atoms with Crippen LogP contribution in [-0.4, -0.2) is 86.5 Å². The lowest BCUT2D eigenvalue weighted by Gasteiger charge is -2.33. The van der Waals surface area contributed by atoms with Crippen molar-refractivity contribution >= 4 is 23.6 Å². The number of guanidine groups is 1. The van der Waals surface area contributed by atoms with Crippen molar-refractivity contribution in [1.29, 1.82) is 0 Å². The number of thioether (sulfide) groups is 1. The highest BCUT2D eigenvalue weighted by Crippen LogP contribution is 2.11. The van der Waals surface area contributed by atoms with Crippen LogP contribution in [-0.2, 0) is 4.79 Å². The van der Waals surface area contributed by atoms with Crippen molar-refractivity contribution < 1.29 is 4.79 Å². The lowest BCUT2D eigenvalue weighted by molar-refractivity contribution is -0.127. The minimum absolute atomic E-state index is 0.0113. The van der Waals surface area contributed by atoms with Gasteiger partial charge >= 0.3 is 0 Å². The van der Waals surface area contributed by atoms with Crippen LogP contribution < -0.4 is 10.6 Å². The minimum Gasteiger partial charge on any atom is -0.356 e. The van der Waals surface area contributed by atoms with E-state index in [1.807, 2.05) is 0 Å². The Labute approximate surface area is 151 Å². The second-order valence-electron chi connectivity index (χ2n) is 6.52. The molecule has 0 aromatic rings. The van der Waals surface area contributed by atoms with Gasteiger partial charge in [0.05, 0.1) is 0 Å². The summed E-state index contributed by atoms with van der Waals surface area (Å²) in [6, 6.07) is 0.404. The number of amides is 1. The summed E-state index contributed by atoms with van der Waals surface area (Å²) in [7, 11) is 3.51. The second-order valence-corrected chi connectivity index (χ2v) is 7.51. The summed E-state index contributed by atoms with van der Waals surface area (Å²) in [5.74, 6) is 1.77. The zero-order valence-corrected chi connectivity index (χ0v) is 16.4. The van der Waals surface area contributed by atoms with Crippen LogP contribution in [0.3, 0.4) is 0 Å². The minimum atomic E-state index is 0.0113. The number of likely N-dealkylation sites (tertiary alicyclic amines) is 1. The van der Waals surface area contributed by atoms with E-state index in [9.17, 15) is 4.79 Å². The molecule has 24 heavy (non-hydrogen) atoms. The highest BCUT2D eigenvalue weighted by atomic mass is 32.2. The van der Waals surface area contributed by atoms with Crippen LogP contribution >= 0.6 is 11.8 Å². The average Bonchev–Trinajstić information content (AvgIpc) is 2.53. The molecule has 0 aromatic heterocycles. The quantitative estimate of drug-likeness (QED) is 0.295. The predicted octanol–water partition coefficient (Wildman–Crippen LogP) is 1.01. The van der Waals surface area contributed by atoms with Crippen LogP contribution in [0.4, 0.5) is 0 Å². The van der Waals surface area contributed by atoms with Crippen LogP contribution in [0.5, 0.6) is 0 Å². The van der Waals surface area contributed by atoms with E-state index < -0.39 is 0 Å². The highest BCUT2D eigenvalue weighted by Gasteiger charge is 2.20. The Morgan fingerprint density at radius 3 is 2.58 bits per heavy atom. The monoisotopic (exact) mass is 355 g/mol. The van der Waals surface area contributed by atoms with Crippen molar-refractivity contribution in [3.8, 4) is 0 Å². The van der Waals surface area contributed by atoms with Gasteiger partial charge in [-0.25, -0.2) is 4.99 Å². The fourth-order valence-electron chi connectivity index (χ4n) is 2.52. The smallest absolute Gasteiger partial charge is 0.243 e. The lowest BCUT2D eigenvalue weighted by Crippen LogP contribution is -2.49. The van der Waals surface area contributed by atoms with Gasteiger partial charge in [0, 0.05) is 52.1 Å². The standard InChI is InChI=1S/C17H33N5OS/c1-14(2)13-22-9-6-15(7-10-22)20-17(18-8-11-24-5)19-12-16(23)21(3)4/h15H,1,6-13H2,2-5H3,(H2,18,19,20). The summed E-state index contributed by atoms with van der Waals surface area (Å²) >= 11 is 1.79. The maximum atomic E-state index is 11.8. The summed E-state index contributed by atoms with van der Waals surface area (Å²) in [4.78, 5) is 20.2. The molecule has 7 heteroatoms. The molecule has 138 valence electrons. The summed E-state index contributed by atoms with van der Waals surface area (Å²) in [5, 5.41) is 6.82. The third kappa shape index (κ3) is 8.59. The fraction of sp³-hybridized carbons (Fsp3) is 0.765. The van der Waals surface area contributed by atoms with Gasteiger partial charge in [-0.3, -0.25) is 9.69 Å². The first-order valence-corrected chi connectivity index (χ1v) is 9.92. The summed E-state index contributed by atoms with van der Waals surface area (Å²) in [5.41, 5.74) is 1.21. The van der Waals surface area contributed by atoms with Gasteiger partial charge < -0.3 is 15.5 Å². The molecule has 1 heterocycles. The van der Waals surface area contributed by atoms with Gasteiger partial charge in [-0.1, -0.05) is 12.2 Å². The molecule has 0 unspecified atom stereocenters. The van der Waals surface area contributed by atoms with E-state index >= 15 is 0 Å². The van der Waals surface area contributed by atoms with Crippen molar-refractivity contribution in [1.82, 2.24) is 20.4 Å². The number of carbonyl (C=O) groups excluding carboxylic acids is 1. The molecule has 2 N–H and O–H groups in total. The summed E-state index contributed by atoms with van der Waals surface area (Å²) < 4.78 is 0. The SMILES string of the molecule is C=C(C)CN1CCC(NC(=NCC(=O)N(C)C)NCCSC)CC1. The van der Waals surface area contributed by atoms with E-state index in [2.05, 4.69) is 40.3 Å². The molecular formula is C17H33N5OS. The number of likely N-dealkylation sites (N-methyl/N-ethyl adjacent to an activating group) is 1. The normalized spacial score (nSPS) is 16.8. The molecule has 1 amide bonds. The molecule has 0 spiro atoms. The molecule has 1 saturated heterocycles. The third-order valence-corrected chi connectivity index (χ3v) is 4.50. The molecule has 1 aliphatic heterocycles. The van der Waals surface area contributed by atoms with Gasteiger partial charge in [-0.05, 0) is 26.0 Å². The van der Waals surface area contributed by atoms with E-state index in [0.717, 1.165) is 50.7 Å². The second kappa shape index (κ2) is 11.4. The number of piperidine rings is 1. The van der Waals surface area contributed by atoms with Crippen molar-refractivity contribution in [2.45, 2.75) is 25.8 Å². The molecule has 1 rings (SSSR count). The van der Waals surface area contributed by atoms with Gasteiger partial charge in [0.2, 0.25) is 5.91 Å². The van der Waals surface area contributed by atoms with E-state index in [0.29, 0.717) is 6.04 Å². The molecule has 0 radical (unpaired) electrons. The van der Waals surface area contributed by atoms with Gasteiger partial charge in [-0.2, -0.15) is 11.8 Å². The molecule has 0 atom stereocenters. The number of nitrogens with zero attached hydrogens (tertiary/aromatic N) is 3. The lowest BCUT2D eigenvalue weighted by atomic mass is 10.0. The number of nitrogens with one attached hydrogen (secondary N) is 2. The first-order chi connectivity index (χ1) is 11.4. The maximum Gasteiger partial charge on any atom is 0.243 e. The Morgan fingerprint density at radius 1 is 1.38 bits per heavy atom. The average molecular weight is 356 g/mol. The molecule has 0 aliphatic carbocycles. The number of aliphatic imine (C=N–C) groups is 1. The summed E-state index contributed by atoms with van der Waals surface area (Å²) in [6.07, 6.45) is 4.25. The zero-order chi connectivity index (χ0) is 17.9. The zero-order valence-electron chi connectivity index (χ0n) is 15.6. The van der Waals surface area contributed by atoms with Crippen LogP contribution in [0.2, 0.25) is 0 Å². The number of hydrogen-bond acceptors (Lipinski definition) is 4. The Hall–Kier alpha value is -1.21.